The average Bonchev–Trinajstić information content (AvgIpc) is 1.79. The molecule has 0 aromatic heterocycles. The summed E-state index contributed by atoms with van der Waals surface area (Å²) in [5.41, 5.74) is 5.10. The fraction of sp³-hybridized carbons (Fsp3) is 0.750. The fourth-order valence-electron chi connectivity index (χ4n) is 1.26. The minimum Gasteiger partial charge on any atom is -0.368 e. The highest BCUT2D eigenvalue weighted by atomic mass is 16.2. The minimum absolute atomic E-state index is 0.0848. The number of carbonyl (C=O) groups excluding carboxylic acids is 2. The van der Waals surface area contributed by atoms with Crippen molar-refractivity contribution >= 4 is 11.9 Å². The highest BCUT2D eigenvalue weighted by Gasteiger charge is 2.36. The van der Waals surface area contributed by atoms with Gasteiger partial charge in [-0.1, -0.05) is 0 Å². The molecule has 5 heteroatoms. The van der Waals surface area contributed by atoms with Gasteiger partial charge in [-0.15, -0.1) is 0 Å². The van der Waals surface area contributed by atoms with Gasteiger partial charge in [0.15, 0.2) is 0 Å². The SMILES string of the molecule is CC(C)NC(=O)N1CCC1C(N)=O. The zero-order valence-electron chi connectivity index (χ0n) is 7.91. The molecule has 5 nitrogen and oxygen atoms in total. The molecule has 74 valence electrons. The zero-order valence-corrected chi connectivity index (χ0v) is 7.91. The van der Waals surface area contributed by atoms with Crippen molar-refractivity contribution in [1.29, 1.82) is 0 Å². The molecule has 13 heavy (non-hydrogen) atoms. The number of primary amides is 1. The highest BCUT2D eigenvalue weighted by Crippen LogP contribution is 2.16. The van der Waals surface area contributed by atoms with Crippen LogP contribution in [0.3, 0.4) is 0 Å². The summed E-state index contributed by atoms with van der Waals surface area (Å²) in [6.45, 7) is 4.36. The van der Waals surface area contributed by atoms with Crippen molar-refractivity contribution < 1.29 is 9.59 Å². The molecule has 0 saturated carbocycles. The van der Waals surface area contributed by atoms with Gasteiger partial charge in [0.05, 0.1) is 0 Å². The Hall–Kier alpha value is -1.26. The first-order valence-corrected chi connectivity index (χ1v) is 4.39. The second-order valence-corrected chi connectivity index (χ2v) is 3.50. The van der Waals surface area contributed by atoms with E-state index in [-0.39, 0.29) is 12.1 Å². The number of rotatable bonds is 2. The normalized spacial score (nSPS) is 21.2. The second-order valence-electron chi connectivity index (χ2n) is 3.50. The van der Waals surface area contributed by atoms with Crippen LogP contribution in [0.2, 0.25) is 0 Å². The van der Waals surface area contributed by atoms with Gasteiger partial charge < -0.3 is 16.0 Å². The van der Waals surface area contributed by atoms with E-state index in [9.17, 15) is 9.59 Å². The third-order valence-corrected chi connectivity index (χ3v) is 2.02. The topological polar surface area (TPSA) is 75.4 Å². The van der Waals surface area contributed by atoms with Crippen molar-refractivity contribution in [1.82, 2.24) is 10.2 Å². The van der Waals surface area contributed by atoms with Crippen molar-refractivity contribution in [3.8, 4) is 0 Å². The van der Waals surface area contributed by atoms with Crippen LogP contribution in [-0.4, -0.2) is 35.5 Å². The molecule has 0 spiro atoms. The predicted octanol–water partition coefficient (Wildman–Crippen LogP) is -0.336. The maximum absolute atomic E-state index is 11.4. The molecule has 1 heterocycles. The first-order valence-electron chi connectivity index (χ1n) is 4.39. The first-order chi connectivity index (χ1) is 6.02. The van der Waals surface area contributed by atoms with Crippen LogP contribution in [0.25, 0.3) is 0 Å². The minimum atomic E-state index is -0.426. The lowest BCUT2D eigenvalue weighted by atomic mass is 10.0. The maximum Gasteiger partial charge on any atom is 0.318 e. The number of nitrogens with two attached hydrogens (primary N) is 1. The van der Waals surface area contributed by atoms with Gasteiger partial charge in [0.25, 0.3) is 0 Å². The van der Waals surface area contributed by atoms with E-state index in [1.165, 1.54) is 4.90 Å². The fourth-order valence-corrected chi connectivity index (χ4v) is 1.26. The third kappa shape index (κ3) is 2.11. The molecule has 1 aliphatic heterocycles. The summed E-state index contributed by atoms with van der Waals surface area (Å²) in [4.78, 5) is 23.6. The molecular formula is C8H15N3O2. The monoisotopic (exact) mass is 185 g/mol. The lowest BCUT2D eigenvalue weighted by molar-refractivity contribution is -0.125. The molecule has 1 atom stereocenters. The summed E-state index contributed by atoms with van der Waals surface area (Å²) < 4.78 is 0. The van der Waals surface area contributed by atoms with E-state index in [4.69, 9.17) is 5.73 Å². The summed E-state index contributed by atoms with van der Waals surface area (Å²) in [6.07, 6.45) is 0.681. The van der Waals surface area contributed by atoms with Gasteiger partial charge in [0.2, 0.25) is 5.91 Å². The number of likely N-dealkylation sites (tertiary alicyclic amines) is 1. The van der Waals surface area contributed by atoms with Crippen molar-refractivity contribution in [2.45, 2.75) is 32.4 Å². The van der Waals surface area contributed by atoms with Gasteiger partial charge in [-0.25, -0.2) is 4.79 Å². The number of hydrogen-bond acceptors (Lipinski definition) is 2. The van der Waals surface area contributed by atoms with Crippen LogP contribution in [0.5, 0.6) is 0 Å². The van der Waals surface area contributed by atoms with Crippen LogP contribution >= 0.6 is 0 Å². The highest BCUT2D eigenvalue weighted by molar-refractivity contribution is 5.87. The summed E-state index contributed by atoms with van der Waals surface area (Å²) in [5, 5.41) is 2.71. The number of hydrogen-bond donors (Lipinski definition) is 2. The van der Waals surface area contributed by atoms with E-state index in [0.29, 0.717) is 13.0 Å². The van der Waals surface area contributed by atoms with Crippen LogP contribution in [0.15, 0.2) is 0 Å². The Kier molecular flexibility index (Phi) is 2.75. The molecule has 3 amide bonds. The van der Waals surface area contributed by atoms with E-state index in [2.05, 4.69) is 5.32 Å². The smallest absolute Gasteiger partial charge is 0.318 e. The molecule has 0 bridgehead atoms. The van der Waals surface area contributed by atoms with Crippen molar-refractivity contribution in [3.05, 3.63) is 0 Å². The molecule has 1 saturated heterocycles. The summed E-state index contributed by atoms with van der Waals surface area (Å²) in [5.74, 6) is -0.426. The van der Waals surface area contributed by atoms with Gasteiger partial charge in [0, 0.05) is 12.6 Å². The van der Waals surface area contributed by atoms with E-state index < -0.39 is 11.9 Å². The molecule has 0 aromatic carbocycles. The average molecular weight is 185 g/mol. The Morgan fingerprint density at radius 2 is 2.15 bits per heavy atom. The summed E-state index contributed by atoms with van der Waals surface area (Å²) in [6, 6.07) is -0.523. The number of nitrogens with one attached hydrogen (secondary N) is 1. The van der Waals surface area contributed by atoms with Crippen LogP contribution in [-0.2, 0) is 4.79 Å². The molecule has 0 aliphatic carbocycles. The van der Waals surface area contributed by atoms with Crippen LogP contribution in [0, 0.1) is 0 Å². The van der Waals surface area contributed by atoms with Gasteiger partial charge in [-0.2, -0.15) is 0 Å². The molecule has 0 radical (unpaired) electrons. The van der Waals surface area contributed by atoms with Gasteiger partial charge >= 0.3 is 6.03 Å². The molecule has 1 fully saturated rings. The van der Waals surface area contributed by atoms with Crippen molar-refractivity contribution in [2.24, 2.45) is 5.73 Å². The predicted molar refractivity (Wildman–Crippen MR) is 48.0 cm³/mol. The lowest BCUT2D eigenvalue weighted by Crippen LogP contribution is -2.60. The Bertz CT molecular complexity index is 227. The molecule has 1 rings (SSSR count). The molecule has 0 aromatic rings. The van der Waals surface area contributed by atoms with Crippen LogP contribution in [0.1, 0.15) is 20.3 Å². The van der Waals surface area contributed by atoms with Gasteiger partial charge in [0.1, 0.15) is 6.04 Å². The summed E-state index contributed by atoms with van der Waals surface area (Å²) >= 11 is 0. The van der Waals surface area contributed by atoms with Crippen LogP contribution in [0.4, 0.5) is 4.79 Å². The van der Waals surface area contributed by atoms with Gasteiger partial charge in [-0.3, -0.25) is 4.79 Å². The van der Waals surface area contributed by atoms with Crippen molar-refractivity contribution in [2.75, 3.05) is 6.54 Å². The standard InChI is InChI=1S/C8H15N3O2/c1-5(2)10-8(13)11-4-3-6(11)7(9)12/h5-6H,3-4H2,1-2H3,(H2,9,12)(H,10,13). The Morgan fingerprint density at radius 1 is 1.54 bits per heavy atom. The second kappa shape index (κ2) is 3.64. The van der Waals surface area contributed by atoms with Crippen LogP contribution < -0.4 is 11.1 Å². The zero-order chi connectivity index (χ0) is 10.0. The molecule has 1 unspecified atom stereocenters. The maximum atomic E-state index is 11.4. The molecular weight excluding hydrogens is 170 g/mol. The lowest BCUT2D eigenvalue weighted by Gasteiger charge is -2.38. The van der Waals surface area contributed by atoms with E-state index in [1.807, 2.05) is 13.8 Å². The number of amides is 3. The number of carbonyl (C=O) groups is 2. The van der Waals surface area contributed by atoms with Gasteiger partial charge in [-0.05, 0) is 20.3 Å². The Labute approximate surface area is 77.3 Å². The van der Waals surface area contributed by atoms with E-state index in [0.717, 1.165) is 0 Å². The molecule has 3 N–H and O–H groups in total. The Morgan fingerprint density at radius 3 is 2.46 bits per heavy atom. The summed E-state index contributed by atoms with van der Waals surface area (Å²) in [7, 11) is 0. The number of nitrogens with zero attached hydrogens (tertiary/aromatic N) is 1. The van der Waals surface area contributed by atoms with Crippen molar-refractivity contribution in [3.63, 3.8) is 0 Å². The first kappa shape index (κ1) is 9.83. The number of urea groups is 1. The quantitative estimate of drug-likeness (QED) is 0.617. The van der Waals surface area contributed by atoms with E-state index >= 15 is 0 Å². The molecule has 1 aliphatic rings. The van der Waals surface area contributed by atoms with E-state index in [1.54, 1.807) is 0 Å². The largest absolute Gasteiger partial charge is 0.368 e. The third-order valence-electron chi connectivity index (χ3n) is 2.02. The Balaban J connectivity index is 2.44.